The van der Waals surface area contributed by atoms with Crippen LogP contribution in [0.15, 0.2) is 91.6 Å². The molecule has 0 radical (unpaired) electrons. The lowest BCUT2D eigenvalue weighted by Gasteiger charge is -2.33. The first kappa shape index (κ1) is 46.8. The molecule has 0 bridgehead atoms. The molecule has 2 saturated heterocycles. The first-order chi connectivity index (χ1) is 30.1. The van der Waals surface area contributed by atoms with Crippen molar-refractivity contribution in [3.63, 3.8) is 0 Å². The Bertz CT molecular complexity index is 2380. The summed E-state index contributed by atoms with van der Waals surface area (Å²) in [5, 5.41) is 26.7. The van der Waals surface area contributed by atoms with Crippen LogP contribution in [0.5, 0.6) is 0 Å². The van der Waals surface area contributed by atoms with Gasteiger partial charge in [-0.1, -0.05) is 81.7 Å². The smallest absolute Gasteiger partial charge is 0.291 e. The molecular formula is C46H46Br2N6O8S. The number of rotatable bonds is 12. The van der Waals surface area contributed by atoms with Gasteiger partial charge in [0.1, 0.15) is 0 Å². The zero-order chi connectivity index (χ0) is 45.5. The molecule has 0 N–H and O–H groups in total. The minimum absolute atomic E-state index is 0.0631. The van der Waals surface area contributed by atoms with Gasteiger partial charge < -0.3 is 19.6 Å². The third-order valence-electron chi connectivity index (χ3n) is 11.3. The molecule has 2 fully saturated rings. The molecular weight excluding hydrogens is 956 g/mol. The summed E-state index contributed by atoms with van der Waals surface area (Å²) in [5.41, 5.74) is 3.51. The van der Waals surface area contributed by atoms with Crippen molar-refractivity contribution in [3.8, 4) is 22.3 Å². The Kier molecular flexibility index (Phi) is 15.4. The molecule has 328 valence electrons. The third-order valence-corrected chi connectivity index (χ3v) is 13.3. The van der Waals surface area contributed by atoms with Crippen molar-refractivity contribution in [1.29, 1.82) is 0 Å². The number of benzene rings is 4. The van der Waals surface area contributed by atoms with Crippen molar-refractivity contribution in [3.05, 3.63) is 124 Å². The van der Waals surface area contributed by atoms with Gasteiger partial charge >= 0.3 is 0 Å². The van der Waals surface area contributed by atoms with Gasteiger partial charge in [0.15, 0.2) is 0 Å². The Morgan fingerprint density at radius 3 is 1.25 bits per heavy atom. The highest BCUT2D eigenvalue weighted by molar-refractivity contribution is 9.10. The molecule has 63 heavy (non-hydrogen) atoms. The van der Waals surface area contributed by atoms with Gasteiger partial charge in [0, 0.05) is 87.3 Å². The Labute approximate surface area is 386 Å². The summed E-state index contributed by atoms with van der Waals surface area (Å²) in [4.78, 5) is 83.2. The zero-order valence-electron chi connectivity index (χ0n) is 35.3. The maximum Gasteiger partial charge on any atom is 0.291 e. The van der Waals surface area contributed by atoms with Gasteiger partial charge in [-0.15, -0.1) is 0 Å². The fourth-order valence-electron chi connectivity index (χ4n) is 7.88. The molecule has 0 spiro atoms. The maximum atomic E-state index is 13.4. The summed E-state index contributed by atoms with van der Waals surface area (Å²) in [7, 11) is 0. The Hall–Kier alpha value is -5.65. The van der Waals surface area contributed by atoms with Crippen LogP contribution < -0.4 is 0 Å². The molecule has 2 aliphatic heterocycles. The zero-order valence-corrected chi connectivity index (χ0v) is 39.3. The summed E-state index contributed by atoms with van der Waals surface area (Å²) in [6, 6.07) is 17.4. The number of aryl methyl sites for hydroxylation is 2. The van der Waals surface area contributed by atoms with Crippen LogP contribution in [0.1, 0.15) is 49.9 Å². The number of nitro groups is 2. The Balaban J connectivity index is 1.48. The second kappa shape index (κ2) is 20.7. The van der Waals surface area contributed by atoms with Crippen LogP contribution in [-0.4, -0.2) is 105 Å². The van der Waals surface area contributed by atoms with Crippen LogP contribution in [0, 0.1) is 20.2 Å². The molecule has 0 atom stereocenters. The van der Waals surface area contributed by atoms with Crippen LogP contribution >= 0.6 is 43.6 Å². The summed E-state index contributed by atoms with van der Waals surface area (Å²) >= 11 is 7.95. The summed E-state index contributed by atoms with van der Waals surface area (Å²) < 4.78 is 1.56. The van der Waals surface area contributed by atoms with E-state index in [1.165, 1.54) is 26.0 Å². The SMILES string of the molecule is CCc1cc(Br)ccc1-c1c(C=CC(=O)N2CCN(C(C)=O)CC2)ccc(Sc2ccc(C=CC(=O)N3CCN(C(C)=O)CC3)c(-c3ccc(Br)cc3CC)c2[N+](=O)[O-])c1[N+](=O)[O-]. The number of halogens is 2. The van der Waals surface area contributed by atoms with Crippen molar-refractivity contribution in [2.75, 3.05) is 52.4 Å². The molecule has 2 heterocycles. The Morgan fingerprint density at radius 2 is 0.937 bits per heavy atom. The summed E-state index contributed by atoms with van der Waals surface area (Å²) in [6.45, 7) is 9.87. The average molecular weight is 1000 g/mol. The molecule has 14 nitrogen and oxygen atoms in total. The van der Waals surface area contributed by atoms with Crippen molar-refractivity contribution in [2.45, 2.75) is 50.3 Å². The van der Waals surface area contributed by atoms with E-state index in [9.17, 15) is 39.4 Å². The number of nitrogens with zero attached hydrogens (tertiary/aromatic N) is 6. The minimum atomic E-state index is -0.491. The van der Waals surface area contributed by atoms with E-state index in [2.05, 4.69) is 31.9 Å². The minimum Gasteiger partial charge on any atom is -0.339 e. The van der Waals surface area contributed by atoms with E-state index in [0.29, 0.717) is 87.5 Å². The number of nitro benzene ring substituents is 2. The van der Waals surface area contributed by atoms with Crippen molar-refractivity contribution >= 4 is 90.8 Å². The summed E-state index contributed by atoms with van der Waals surface area (Å²) in [6.07, 6.45) is 6.94. The van der Waals surface area contributed by atoms with Gasteiger partial charge in [-0.25, -0.2) is 0 Å². The number of hydrogen-bond acceptors (Lipinski definition) is 9. The molecule has 0 unspecified atom stereocenters. The monoisotopic (exact) mass is 1000 g/mol. The molecule has 4 amide bonds. The second-order valence-electron chi connectivity index (χ2n) is 15.0. The van der Waals surface area contributed by atoms with Crippen molar-refractivity contribution in [1.82, 2.24) is 19.6 Å². The van der Waals surface area contributed by atoms with E-state index in [-0.39, 0.29) is 55.9 Å². The predicted molar refractivity (Wildman–Crippen MR) is 251 cm³/mol. The van der Waals surface area contributed by atoms with E-state index in [0.717, 1.165) is 31.8 Å². The highest BCUT2D eigenvalue weighted by Crippen LogP contribution is 2.49. The lowest BCUT2D eigenvalue weighted by Crippen LogP contribution is -2.49. The van der Waals surface area contributed by atoms with E-state index < -0.39 is 9.85 Å². The van der Waals surface area contributed by atoms with Crippen molar-refractivity contribution < 1.29 is 29.0 Å². The number of piperazine rings is 2. The van der Waals surface area contributed by atoms with Crippen LogP contribution in [-0.2, 0) is 32.0 Å². The second-order valence-corrected chi connectivity index (χ2v) is 17.9. The first-order valence-electron chi connectivity index (χ1n) is 20.4. The molecule has 0 aromatic heterocycles. The van der Waals surface area contributed by atoms with Crippen LogP contribution in [0.4, 0.5) is 11.4 Å². The average Bonchev–Trinajstić information content (AvgIpc) is 3.27. The van der Waals surface area contributed by atoms with Gasteiger partial charge in [0.2, 0.25) is 23.6 Å². The molecule has 0 saturated carbocycles. The lowest BCUT2D eigenvalue weighted by atomic mass is 9.92. The highest BCUT2D eigenvalue weighted by Gasteiger charge is 2.31. The third kappa shape index (κ3) is 10.8. The van der Waals surface area contributed by atoms with Gasteiger partial charge in [0.05, 0.1) is 30.8 Å². The van der Waals surface area contributed by atoms with Crippen molar-refractivity contribution in [2.24, 2.45) is 0 Å². The fraction of sp³-hybridized carbons (Fsp3) is 0.304. The topological polar surface area (TPSA) is 168 Å². The summed E-state index contributed by atoms with van der Waals surface area (Å²) in [5.74, 6) is -0.727. The standard InChI is InChI=1S/C46H46Br2N6O8S/c1-5-31-27-35(47)11-13-37(31)43-33(9-17-41(57)51-23-19-49(20-24-51)29(3)55)7-15-39(45(43)53(59)60)63-40-16-8-34(10-18-42(58)52-25-21-50(22-26-52)30(4)56)44(46(40)54(61)62)38-14-12-36(48)28-32(38)6-2/h7-18,27-28H,5-6,19-26H2,1-4H3. The van der Waals surface area contributed by atoms with Gasteiger partial charge in [-0.05, 0) is 94.8 Å². The molecule has 2 aliphatic rings. The van der Waals surface area contributed by atoms with E-state index >= 15 is 0 Å². The van der Waals surface area contributed by atoms with E-state index in [4.69, 9.17) is 0 Å². The van der Waals surface area contributed by atoms with Crippen LogP contribution in [0.3, 0.4) is 0 Å². The molecule has 4 aromatic carbocycles. The van der Waals surface area contributed by atoms with Crippen LogP contribution in [0.2, 0.25) is 0 Å². The fourth-order valence-corrected chi connectivity index (χ4v) is 9.75. The van der Waals surface area contributed by atoms with Gasteiger partial charge in [-0.3, -0.25) is 39.4 Å². The number of carbonyl (C=O) groups is 4. The number of carbonyl (C=O) groups excluding carboxylic acids is 4. The highest BCUT2D eigenvalue weighted by atomic mass is 79.9. The molecule has 17 heteroatoms. The molecule has 4 aromatic rings. The Morgan fingerprint density at radius 1 is 0.587 bits per heavy atom. The predicted octanol–water partition coefficient (Wildman–Crippen LogP) is 9.05. The quantitative estimate of drug-likeness (QED) is 0.0764. The number of amides is 4. The van der Waals surface area contributed by atoms with E-state index in [1.54, 1.807) is 80.3 Å². The molecule has 6 rings (SSSR count). The first-order valence-corrected chi connectivity index (χ1v) is 22.8. The van der Waals surface area contributed by atoms with E-state index in [1.807, 2.05) is 26.0 Å². The molecule has 0 aliphatic carbocycles. The number of hydrogen-bond donors (Lipinski definition) is 0. The normalized spacial score (nSPS) is 14.4. The maximum absolute atomic E-state index is 13.4. The largest absolute Gasteiger partial charge is 0.339 e. The van der Waals surface area contributed by atoms with Crippen LogP contribution in [0.25, 0.3) is 34.4 Å². The van der Waals surface area contributed by atoms with Gasteiger partial charge in [0.25, 0.3) is 11.4 Å². The lowest BCUT2D eigenvalue weighted by molar-refractivity contribution is -0.387. The van der Waals surface area contributed by atoms with Gasteiger partial charge in [-0.2, -0.15) is 0 Å².